The molecule has 28 heavy (non-hydrogen) atoms. The molecule has 0 saturated carbocycles. The van der Waals surface area contributed by atoms with Gasteiger partial charge >= 0.3 is 0 Å². The van der Waals surface area contributed by atoms with Crippen molar-refractivity contribution < 1.29 is 9.18 Å². The highest BCUT2D eigenvalue weighted by Gasteiger charge is 2.17. The smallest absolute Gasteiger partial charge is 0.252 e. The summed E-state index contributed by atoms with van der Waals surface area (Å²) in [5.74, 6) is -0.740. The lowest BCUT2D eigenvalue weighted by atomic mass is 10.0. The first-order chi connectivity index (χ1) is 13.3. The Hall–Kier alpha value is -3.53. The van der Waals surface area contributed by atoms with Crippen molar-refractivity contribution in [2.45, 2.75) is 33.2 Å². The van der Waals surface area contributed by atoms with Crippen LogP contribution in [0.2, 0.25) is 0 Å². The number of hydrogen-bond acceptors (Lipinski definition) is 4. The number of fused-ring (bicyclic) bond motifs is 1. The molecule has 0 aliphatic heterocycles. The molecule has 0 saturated heterocycles. The summed E-state index contributed by atoms with van der Waals surface area (Å²) >= 11 is 0. The Morgan fingerprint density at radius 2 is 2.07 bits per heavy atom. The van der Waals surface area contributed by atoms with Crippen molar-refractivity contribution in [3.8, 4) is 6.07 Å². The number of nitrogens with zero attached hydrogens (tertiary/aromatic N) is 2. The summed E-state index contributed by atoms with van der Waals surface area (Å²) in [6.45, 7) is 5.28. The molecule has 2 aromatic heterocycles. The van der Waals surface area contributed by atoms with E-state index < -0.39 is 5.82 Å². The van der Waals surface area contributed by atoms with Gasteiger partial charge in [-0.25, -0.2) is 9.37 Å². The van der Waals surface area contributed by atoms with Crippen LogP contribution in [0.25, 0.3) is 10.9 Å². The number of amides is 1. The van der Waals surface area contributed by atoms with Crippen LogP contribution in [0.1, 0.15) is 41.0 Å². The molecule has 2 N–H and O–H groups in total. The molecule has 0 unspecified atom stereocenters. The second kappa shape index (κ2) is 7.61. The summed E-state index contributed by atoms with van der Waals surface area (Å²) in [5.41, 5.74) is 2.80. The molecule has 2 heterocycles. The lowest BCUT2D eigenvalue weighted by Gasteiger charge is -2.17. The number of H-pyrrole nitrogens is 1. The highest BCUT2D eigenvalue weighted by molar-refractivity contribution is 5.85. The minimum atomic E-state index is -0.407. The van der Waals surface area contributed by atoms with Crippen LogP contribution in [0, 0.1) is 31.0 Å². The fourth-order valence-corrected chi connectivity index (χ4v) is 3.30. The van der Waals surface area contributed by atoms with Gasteiger partial charge in [-0.3, -0.25) is 9.59 Å². The zero-order valence-electron chi connectivity index (χ0n) is 15.8. The fraction of sp³-hybridized carbons (Fsp3) is 0.238. The van der Waals surface area contributed by atoms with Crippen LogP contribution in [0.4, 0.5) is 4.39 Å². The fourth-order valence-electron chi connectivity index (χ4n) is 3.30. The van der Waals surface area contributed by atoms with Crippen LogP contribution in [0.3, 0.4) is 0 Å². The summed E-state index contributed by atoms with van der Waals surface area (Å²) in [6, 6.07) is 9.11. The molecule has 7 heteroatoms. The first-order valence-corrected chi connectivity index (χ1v) is 8.78. The van der Waals surface area contributed by atoms with Gasteiger partial charge in [-0.15, -0.1) is 0 Å². The van der Waals surface area contributed by atoms with Crippen LogP contribution in [0.15, 0.2) is 35.1 Å². The number of aryl methyl sites for hydroxylation is 2. The monoisotopic (exact) mass is 378 g/mol. The molecule has 0 radical (unpaired) electrons. The van der Waals surface area contributed by atoms with Gasteiger partial charge < -0.3 is 10.3 Å². The predicted molar refractivity (Wildman–Crippen MR) is 103 cm³/mol. The van der Waals surface area contributed by atoms with E-state index >= 15 is 0 Å². The molecule has 3 rings (SSSR count). The summed E-state index contributed by atoms with van der Waals surface area (Å²) in [6.07, 6.45) is -0.124. The molecule has 0 aliphatic rings. The number of hydrogen-bond donors (Lipinski definition) is 2. The second-order valence-electron chi connectivity index (χ2n) is 6.70. The summed E-state index contributed by atoms with van der Waals surface area (Å²) in [4.78, 5) is 31.8. The van der Waals surface area contributed by atoms with E-state index in [0.29, 0.717) is 33.4 Å². The first kappa shape index (κ1) is 19.2. The highest BCUT2D eigenvalue weighted by Crippen LogP contribution is 2.20. The van der Waals surface area contributed by atoms with Gasteiger partial charge in [0.2, 0.25) is 5.91 Å². The van der Waals surface area contributed by atoms with Crippen LogP contribution in [0.5, 0.6) is 0 Å². The molecule has 6 nitrogen and oxygen atoms in total. The molecule has 0 bridgehead atoms. The summed E-state index contributed by atoms with van der Waals surface area (Å²) in [7, 11) is 0. The van der Waals surface area contributed by atoms with Crippen molar-refractivity contribution in [3.05, 3.63) is 74.6 Å². The molecule has 1 amide bonds. The normalized spacial score (nSPS) is 11.8. The third-order valence-corrected chi connectivity index (χ3v) is 4.78. The number of nitriles is 1. The maximum atomic E-state index is 13.6. The number of aromatic nitrogens is 2. The molecular formula is C21H19FN4O2. The third-order valence-electron chi connectivity index (χ3n) is 4.78. The van der Waals surface area contributed by atoms with Gasteiger partial charge in [-0.2, -0.15) is 5.26 Å². The Labute approximate surface area is 161 Å². The average molecular weight is 378 g/mol. The Morgan fingerprint density at radius 1 is 1.32 bits per heavy atom. The zero-order chi connectivity index (χ0) is 20.4. The third kappa shape index (κ3) is 3.76. The van der Waals surface area contributed by atoms with Crippen molar-refractivity contribution in [2.75, 3.05) is 0 Å². The van der Waals surface area contributed by atoms with E-state index in [-0.39, 0.29) is 23.9 Å². The number of carbonyl (C=O) groups excluding carboxylic acids is 1. The number of rotatable bonds is 4. The quantitative estimate of drug-likeness (QED) is 0.729. The minimum absolute atomic E-state index is 0.124. The minimum Gasteiger partial charge on any atom is -0.349 e. The molecule has 3 aromatic rings. The number of nitrogens with one attached hydrogen (secondary N) is 2. The lowest BCUT2D eigenvalue weighted by Crippen LogP contribution is -2.31. The van der Waals surface area contributed by atoms with E-state index in [2.05, 4.69) is 15.3 Å². The van der Waals surface area contributed by atoms with Gasteiger partial charge in [0.15, 0.2) is 0 Å². The Balaban J connectivity index is 1.83. The van der Waals surface area contributed by atoms with Crippen molar-refractivity contribution in [1.29, 1.82) is 5.26 Å². The predicted octanol–water partition coefficient (Wildman–Crippen LogP) is 2.97. The highest BCUT2D eigenvalue weighted by atomic mass is 19.1. The van der Waals surface area contributed by atoms with E-state index in [1.54, 1.807) is 32.9 Å². The number of benzene rings is 1. The first-order valence-electron chi connectivity index (χ1n) is 8.78. The van der Waals surface area contributed by atoms with Gasteiger partial charge in [0.05, 0.1) is 12.5 Å². The standard InChI is InChI=1S/C21H19FN4O2/c1-11-17-8-14(22)4-7-19(17)26-21(28)18(11)9-20(27)25-13(3)16-6-5-15(10-23)24-12(16)2/h4-8,13H,9H2,1-3H3,(H,25,27)(H,26,28)/t13-/m1/s1. The molecule has 142 valence electrons. The molecular weight excluding hydrogens is 359 g/mol. The number of halogens is 1. The van der Waals surface area contributed by atoms with E-state index in [1.807, 2.05) is 6.07 Å². The topological polar surface area (TPSA) is 98.6 Å². The van der Waals surface area contributed by atoms with Crippen LogP contribution < -0.4 is 10.9 Å². The van der Waals surface area contributed by atoms with E-state index in [9.17, 15) is 14.0 Å². The summed E-state index contributed by atoms with van der Waals surface area (Å²) < 4.78 is 13.6. The van der Waals surface area contributed by atoms with Gasteiger partial charge in [0.1, 0.15) is 17.6 Å². The molecule has 0 aliphatic carbocycles. The van der Waals surface area contributed by atoms with Crippen molar-refractivity contribution in [3.63, 3.8) is 0 Å². The van der Waals surface area contributed by atoms with Crippen LogP contribution in [-0.4, -0.2) is 15.9 Å². The Morgan fingerprint density at radius 3 is 2.75 bits per heavy atom. The SMILES string of the molecule is Cc1nc(C#N)ccc1[C@@H](C)NC(=O)Cc1c(C)c2cc(F)ccc2[nH]c1=O. The van der Waals surface area contributed by atoms with E-state index in [0.717, 1.165) is 5.56 Å². The number of carbonyl (C=O) groups is 1. The zero-order valence-corrected chi connectivity index (χ0v) is 15.8. The maximum Gasteiger partial charge on any atom is 0.252 e. The van der Waals surface area contributed by atoms with Crippen LogP contribution >= 0.6 is 0 Å². The van der Waals surface area contributed by atoms with E-state index in [1.165, 1.54) is 18.2 Å². The van der Waals surface area contributed by atoms with Gasteiger partial charge in [-0.05, 0) is 56.2 Å². The molecule has 0 spiro atoms. The lowest BCUT2D eigenvalue weighted by molar-refractivity contribution is -0.121. The number of aromatic amines is 1. The van der Waals surface area contributed by atoms with Crippen LogP contribution in [-0.2, 0) is 11.2 Å². The van der Waals surface area contributed by atoms with Crippen molar-refractivity contribution in [2.24, 2.45) is 0 Å². The number of pyridine rings is 2. The van der Waals surface area contributed by atoms with Gasteiger partial charge in [0.25, 0.3) is 5.56 Å². The average Bonchev–Trinajstić information content (AvgIpc) is 2.65. The van der Waals surface area contributed by atoms with E-state index in [4.69, 9.17) is 5.26 Å². The summed E-state index contributed by atoms with van der Waals surface area (Å²) in [5, 5.41) is 12.3. The molecule has 1 aromatic carbocycles. The maximum absolute atomic E-state index is 13.6. The van der Waals surface area contributed by atoms with Crippen molar-refractivity contribution >= 4 is 16.8 Å². The molecule has 1 atom stereocenters. The Kier molecular flexibility index (Phi) is 5.23. The largest absolute Gasteiger partial charge is 0.349 e. The molecule has 0 fully saturated rings. The van der Waals surface area contributed by atoms with Gasteiger partial charge in [-0.1, -0.05) is 6.07 Å². The second-order valence-corrected chi connectivity index (χ2v) is 6.70. The van der Waals surface area contributed by atoms with Gasteiger partial charge in [0, 0.05) is 22.2 Å². The Bertz CT molecular complexity index is 1180. The van der Waals surface area contributed by atoms with Crippen molar-refractivity contribution in [1.82, 2.24) is 15.3 Å².